The maximum Gasteiger partial charge on any atom is 0.263 e. The highest BCUT2D eigenvalue weighted by Gasteiger charge is 2.14. The fourth-order valence-electron chi connectivity index (χ4n) is 2.45. The number of benzene rings is 2. The fraction of sp³-hybridized carbons (Fsp3) is 0.200. The van der Waals surface area contributed by atoms with E-state index in [2.05, 4.69) is 10.6 Å². The molecule has 2 aromatic rings. The van der Waals surface area contributed by atoms with Gasteiger partial charge in [-0.2, -0.15) is 5.26 Å². The lowest BCUT2D eigenvalue weighted by Gasteiger charge is -2.07. The minimum Gasteiger partial charge on any atom is -0.494 e. The van der Waals surface area contributed by atoms with Crippen molar-refractivity contribution < 1.29 is 19.0 Å². The Morgan fingerprint density at radius 3 is 2.74 bits per heavy atom. The molecular weight excluding hydrogens is 346 g/mol. The molecule has 138 valence electrons. The molecule has 0 saturated carbocycles. The van der Waals surface area contributed by atoms with Crippen LogP contribution in [0.15, 0.2) is 54.2 Å². The van der Waals surface area contributed by atoms with Gasteiger partial charge in [0.05, 0.1) is 6.61 Å². The van der Waals surface area contributed by atoms with Gasteiger partial charge in [0.25, 0.3) is 5.91 Å². The molecule has 7 nitrogen and oxygen atoms in total. The molecule has 1 heterocycles. The van der Waals surface area contributed by atoms with Crippen LogP contribution in [0, 0.1) is 11.3 Å². The van der Waals surface area contributed by atoms with Gasteiger partial charge in [-0.1, -0.05) is 6.07 Å². The Hall–Kier alpha value is -3.66. The van der Waals surface area contributed by atoms with Crippen LogP contribution in [0.25, 0.3) is 0 Å². The maximum atomic E-state index is 12.2. The summed E-state index contributed by atoms with van der Waals surface area (Å²) in [4.78, 5) is 12.2. The number of fused-ring (bicyclic) bond motifs is 1. The number of carbonyl (C=O) groups excluding carboxylic acids is 1. The number of rotatable bonds is 7. The van der Waals surface area contributed by atoms with Crippen LogP contribution in [-0.4, -0.2) is 19.3 Å². The van der Waals surface area contributed by atoms with Gasteiger partial charge < -0.3 is 24.8 Å². The highest BCUT2D eigenvalue weighted by atomic mass is 16.7. The van der Waals surface area contributed by atoms with Crippen LogP contribution in [0.4, 0.5) is 5.69 Å². The summed E-state index contributed by atoms with van der Waals surface area (Å²) in [5.74, 6) is 1.62. The molecule has 0 fully saturated rings. The predicted molar refractivity (Wildman–Crippen MR) is 99.3 cm³/mol. The predicted octanol–water partition coefficient (Wildman–Crippen LogP) is 2.95. The number of hydrogen-bond acceptors (Lipinski definition) is 6. The molecule has 0 bridgehead atoms. The van der Waals surface area contributed by atoms with Gasteiger partial charge in [0.2, 0.25) is 6.79 Å². The molecule has 27 heavy (non-hydrogen) atoms. The molecule has 1 aliphatic rings. The van der Waals surface area contributed by atoms with E-state index in [4.69, 9.17) is 14.2 Å². The van der Waals surface area contributed by atoms with Crippen LogP contribution in [0.3, 0.4) is 0 Å². The number of carbonyl (C=O) groups is 1. The minimum atomic E-state index is -0.464. The molecule has 1 aliphatic heterocycles. The van der Waals surface area contributed by atoms with E-state index in [0.717, 1.165) is 17.0 Å². The molecule has 0 aliphatic carbocycles. The Bertz CT molecular complexity index is 885. The molecule has 0 aromatic heterocycles. The molecule has 0 spiro atoms. The molecule has 2 N–H and O–H groups in total. The summed E-state index contributed by atoms with van der Waals surface area (Å²) in [5, 5.41) is 14.9. The number of anilines is 1. The first-order chi connectivity index (χ1) is 13.2. The van der Waals surface area contributed by atoms with E-state index in [9.17, 15) is 10.1 Å². The van der Waals surface area contributed by atoms with Gasteiger partial charge in [-0.3, -0.25) is 4.79 Å². The first-order valence-electron chi connectivity index (χ1n) is 8.46. The van der Waals surface area contributed by atoms with E-state index in [-0.39, 0.29) is 18.9 Å². The first kappa shape index (κ1) is 18.1. The van der Waals surface area contributed by atoms with E-state index in [0.29, 0.717) is 18.1 Å². The summed E-state index contributed by atoms with van der Waals surface area (Å²) < 4.78 is 15.9. The summed E-state index contributed by atoms with van der Waals surface area (Å²) in [5.41, 5.74) is 1.57. The Morgan fingerprint density at radius 2 is 2.00 bits per heavy atom. The van der Waals surface area contributed by atoms with E-state index in [1.54, 1.807) is 24.3 Å². The van der Waals surface area contributed by atoms with Gasteiger partial charge in [0.15, 0.2) is 11.5 Å². The van der Waals surface area contributed by atoms with E-state index < -0.39 is 5.91 Å². The summed E-state index contributed by atoms with van der Waals surface area (Å²) in [6.07, 6.45) is 1.38. The highest BCUT2D eigenvalue weighted by Crippen LogP contribution is 2.32. The maximum absolute atomic E-state index is 12.2. The molecule has 7 heteroatoms. The van der Waals surface area contributed by atoms with Crippen LogP contribution >= 0.6 is 0 Å². The largest absolute Gasteiger partial charge is 0.494 e. The Balaban J connectivity index is 1.57. The highest BCUT2D eigenvalue weighted by molar-refractivity contribution is 5.97. The van der Waals surface area contributed by atoms with Gasteiger partial charge in [-0.15, -0.1) is 0 Å². The second kappa shape index (κ2) is 8.63. The van der Waals surface area contributed by atoms with Crippen LogP contribution in [0.5, 0.6) is 17.2 Å². The lowest BCUT2D eigenvalue weighted by Crippen LogP contribution is -2.24. The molecule has 0 atom stereocenters. The summed E-state index contributed by atoms with van der Waals surface area (Å²) in [6, 6.07) is 14.6. The average Bonchev–Trinajstić information content (AvgIpc) is 3.16. The van der Waals surface area contributed by atoms with Crippen molar-refractivity contribution >= 4 is 11.6 Å². The van der Waals surface area contributed by atoms with Crippen molar-refractivity contribution in [3.63, 3.8) is 0 Å². The molecule has 0 unspecified atom stereocenters. The summed E-state index contributed by atoms with van der Waals surface area (Å²) in [7, 11) is 0. The van der Waals surface area contributed by atoms with Gasteiger partial charge in [0.1, 0.15) is 17.4 Å². The average molecular weight is 365 g/mol. The second-order valence-electron chi connectivity index (χ2n) is 5.64. The summed E-state index contributed by atoms with van der Waals surface area (Å²) in [6.45, 7) is 2.98. The number of amides is 1. The zero-order valence-electron chi connectivity index (χ0n) is 14.8. The molecular formula is C20H19N3O4. The van der Waals surface area contributed by atoms with Crippen LogP contribution in [0.2, 0.25) is 0 Å². The number of nitriles is 1. The molecule has 0 saturated heterocycles. The third kappa shape index (κ3) is 4.70. The van der Waals surface area contributed by atoms with Crippen molar-refractivity contribution in [3.05, 3.63) is 59.8 Å². The molecule has 1 amide bonds. The van der Waals surface area contributed by atoms with Gasteiger partial charge >= 0.3 is 0 Å². The zero-order valence-corrected chi connectivity index (χ0v) is 14.8. The standard InChI is InChI=1S/C20H19N3O4/c1-2-25-17-6-4-16(5-7-17)22-12-15(10-21)20(24)23-11-14-3-8-18-19(9-14)27-13-26-18/h3-9,12,22H,2,11,13H2,1H3,(H,23,24)/b15-12-. The van der Waals surface area contributed by atoms with E-state index >= 15 is 0 Å². The fourth-order valence-corrected chi connectivity index (χ4v) is 2.45. The quantitative estimate of drug-likeness (QED) is 0.579. The Morgan fingerprint density at radius 1 is 1.22 bits per heavy atom. The van der Waals surface area contributed by atoms with Crippen molar-refractivity contribution in [3.8, 4) is 23.3 Å². The van der Waals surface area contributed by atoms with E-state index in [1.807, 2.05) is 31.2 Å². The third-order valence-corrected chi connectivity index (χ3v) is 3.80. The first-order valence-corrected chi connectivity index (χ1v) is 8.46. The van der Waals surface area contributed by atoms with Crippen molar-refractivity contribution in [1.29, 1.82) is 5.26 Å². The van der Waals surface area contributed by atoms with Crippen molar-refractivity contribution in [2.45, 2.75) is 13.5 Å². The SMILES string of the molecule is CCOc1ccc(N/C=C(/C#N)C(=O)NCc2ccc3c(c2)OCO3)cc1. The topological polar surface area (TPSA) is 92.6 Å². The second-order valence-corrected chi connectivity index (χ2v) is 5.64. The number of ether oxygens (including phenoxy) is 3. The Labute approximate surface area is 157 Å². The van der Waals surface area contributed by atoms with Crippen molar-refractivity contribution in [2.75, 3.05) is 18.7 Å². The van der Waals surface area contributed by atoms with Gasteiger partial charge in [-0.05, 0) is 48.9 Å². The number of nitrogens with one attached hydrogen (secondary N) is 2. The van der Waals surface area contributed by atoms with Gasteiger partial charge in [0, 0.05) is 18.4 Å². The number of nitrogens with zero attached hydrogens (tertiary/aromatic N) is 1. The summed E-state index contributed by atoms with van der Waals surface area (Å²) >= 11 is 0. The minimum absolute atomic E-state index is 0.0235. The Kier molecular flexibility index (Phi) is 5.80. The third-order valence-electron chi connectivity index (χ3n) is 3.80. The van der Waals surface area contributed by atoms with Crippen molar-refractivity contribution in [2.24, 2.45) is 0 Å². The van der Waals surface area contributed by atoms with Crippen LogP contribution in [-0.2, 0) is 11.3 Å². The lowest BCUT2D eigenvalue weighted by molar-refractivity contribution is -0.117. The van der Waals surface area contributed by atoms with Crippen LogP contribution < -0.4 is 24.8 Å². The number of hydrogen-bond donors (Lipinski definition) is 2. The molecule has 3 rings (SSSR count). The molecule has 2 aromatic carbocycles. The van der Waals surface area contributed by atoms with E-state index in [1.165, 1.54) is 6.20 Å². The smallest absolute Gasteiger partial charge is 0.263 e. The van der Waals surface area contributed by atoms with Crippen molar-refractivity contribution in [1.82, 2.24) is 5.32 Å². The molecule has 0 radical (unpaired) electrons. The monoisotopic (exact) mass is 365 g/mol. The normalized spacial score (nSPS) is 12.2. The lowest BCUT2D eigenvalue weighted by atomic mass is 10.2. The zero-order chi connectivity index (χ0) is 19.1. The van der Waals surface area contributed by atoms with Gasteiger partial charge in [-0.25, -0.2) is 0 Å². The van der Waals surface area contributed by atoms with Crippen LogP contribution in [0.1, 0.15) is 12.5 Å².